The molecule has 2 heterocycles. The van der Waals surface area contributed by atoms with Gasteiger partial charge in [0.15, 0.2) is 11.0 Å². The van der Waals surface area contributed by atoms with Crippen LogP contribution >= 0.6 is 11.8 Å². The van der Waals surface area contributed by atoms with Gasteiger partial charge in [0.2, 0.25) is 0 Å². The van der Waals surface area contributed by atoms with Crippen LogP contribution in [0, 0.1) is 0 Å². The topological polar surface area (TPSA) is 84.6 Å². The van der Waals surface area contributed by atoms with Gasteiger partial charge in [0.25, 0.3) is 0 Å². The van der Waals surface area contributed by atoms with Crippen LogP contribution in [-0.4, -0.2) is 50.7 Å². The summed E-state index contributed by atoms with van der Waals surface area (Å²) >= 11 is 1.63. The number of aliphatic imine (C=N–C) groups is 1. The van der Waals surface area contributed by atoms with Gasteiger partial charge in [-0.15, -0.1) is 18.3 Å². The van der Waals surface area contributed by atoms with Crippen molar-refractivity contribution in [2.24, 2.45) is 4.99 Å². The number of carbonyl (C=O) groups excluding carboxylic acids is 1. The second-order valence-electron chi connectivity index (χ2n) is 10.7. The molecule has 5 rings (SSSR count). The minimum absolute atomic E-state index is 0.269. The highest BCUT2D eigenvalue weighted by Crippen LogP contribution is 2.32. The van der Waals surface area contributed by atoms with Crippen molar-refractivity contribution in [3.05, 3.63) is 90.3 Å². The SMILES string of the molecule is CCc1ccccc1N1/C(=N/C(=O)NCCCCc2ccc(-c3ncn(-c4ccc(OC(F)(F)F)cc4)n3)cc2)SCCC1C. The number of thioether (sulfide) groups is 1. The molecule has 1 atom stereocenters. The summed E-state index contributed by atoms with van der Waals surface area (Å²) in [5, 5.41) is 8.15. The summed E-state index contributed by atoms with van der Waals surface area (Å²) in [6.07, 6.45) is 1.30. The molecule has 4 aromatic rings. The minimum atomic E-state index is -4.74. The maximum absolute atomic E-state index is 12.7. The number of urea groups is 1. The lowest BCUT2D eigenvalue weighted by molar-refractivity contribution is -0.274. The Kier molecular flexibility index (Phi) is 10.4. The van der Waals surface area contributed by atoms with Crippen molar-refractivity contribution < 1.29 is 22.7 Å². The molecule has 1 unspecified atom stereocenters. The highest BCUT2D eigenvalue weighted by Gasteiger charge is 2.31. The number of amides is 2. The van der Waals surface area contributed by atoms with Crippen LogP contribution in [0.2, 0.25) is 0 Å². The van der Waals surface area contributed by atoms with E-state index in [4.69, 9.17) is 0 Å². The second-order valence-corrected chi connectivity index (χ2v) is 11.7. The monoisotopic (exact) mass is 636 g/mol. The lowest BCUT2D eigenvalue weighted by Gasteiger charge is -2.36. The summed E-state index contributed by atoms with van der Waals surface area (Å²) in [6.45, 7) is 4.86. The first kappa shape index (κ1) is 32.1. The molecule has 45 heavy (non-hydrogen) atoms. The van der Waals surface area contributed by atoms with Crippen molar-refractivity contribution in [1.82, 2.24) is 20.1 Å². The Morgan fingerprint density at radius 2 is 1.82 bits per heavy atom. The molecule has 1 aliphatic heterocycles. The number of benzene rings is 3. The van der Waals surface area contributed by atoms with E-state index in [9.17, 15) is 18.0 Å². The van der Waals surface area contributed by atoms with Crippen LogP contribution < -0.4 is 15.0 Å². The number of nitrogens with one attached hydrogen (secondary N) is 1. The van der Waals surface area contributed by atoms with E-state index in [1.165, 1.54) is 40.8 Å². The van der Waals surface area contributed by atoms with Crippen LogP contribution in [0.15, 0.2) is 84.1 Å². The number of anilines is 1. The molecule has 8 nitrogen and oxygen atoms in total. The van der Waals surface area contributed by atoms with Gasteiger partial charge in [-0.3, -0.25) is 0 Å². The van der Waals surface area contributed by atoms with Gasteiger partial charge in [-0.05, 0) is 80.5 Å². The number of alkyl halides is 3. The molecule has 1 aliphatic rings. The third kappa shape index (κ3) is 8.65. The molecule has 0 radical (unpaired) electrons. The molecule has 0 aliphatic carbocycles. The summed E-state index contributed by atoms with van der Waals surface area (Å²) in [7, 11) is 0. The molecule has 1 saturated heterocycles. The Morgan fingerprint density at radius 3 is 2.56 bits per heavy atom. The fourth-order valence-corrected chi connectivity index (χ4v) is 6.30. The maximum atomic E-state index is 12.7. The number of halogens is 3. The number of aryl methyl sites for hydroxylation is 2. The third-order valence-corrected chi connectivity index (χ3v) is 8.44. The number of rotatable bonds is 10. The number of unbranched alkanes of at least 4 members (excludes halogenated alkanes) is 1. The van der Waals surface area contributed by atoms with Crippen LogP contribution in [0.3, 0.4) is 0 Å². The number of aromatic nitrogens is 3. The Hall–Kier alpha value is -4.32. The van der Waals surface area contributed by atoms with Crippen molar-refractivity contribution in [3.8, 4) is 22.8 Å². The van der Waals surface area contributed by atoms with Crippen LogP contribution in [-0.2, 0) is 12.8 Å². The van der Waals surface area contributed by atoms with E-state index in [1.807, 2.05) is 36.4 Å². The smallest absolute Gasteiger partial charge is 0.406 e. The van der Waals surface area contributed by atoms with E-state index in [0.29, 0.717) is 18.1 Å². The van der Waals surface area contributed by atoms with Crippen LogP contribution in [0.1, 0.15) is 44.2 Å². The molecule has 1 fully saturated rings. The molecule has 1 aromatic heterocycles. The number of nitrogens with zero attached hydrogens (tertiary/aromatic N) is 5. The number of para-hydroxylation sites is 1. The molecule has 236 valence electrons. The molecule has 3 aromatic carbocycles. The zero-order valence-corrected chi connectivity index (χ0v) is 25.9. The molecule has 1 N–H and O–H groups in total. The Labute approximate surface area is 264 Å². The molecule has 0 bridgehead atoms. The van der Waals surface area contributed by atoms with Gasteiger partial charge in [-0.1, -0.05) is 61.2 Å². The van der Waals surface area contributed by atoms with Gasteiger partial charge in [-0.2, -0.15) is 4.99 Å². The lowest BCUT2D eigenvalue weighted by Crippen LogP contribution is -2.42. The van der Waals surface area contributed by atoms with Crippen molar-refractivity contribution in [3.63, 3.8) is 0 Å². The number of ether oxygens (including phenoxy) is 1. The standard InChI is InChI=1S/C33H35F3N6O2S/c1-3-25-9-4-5-10-29(25)42-23(2)19-21-45-32(42)39-31(43)37-20-7-6-8-24-11-13-26(14-12-24)30-38-22-41(40-30)27-15-17-28(18-16-27)44-33(34,35)36/h4-5,9-18,22-23H,3,6-8,19-21H2,1-2H3,(H,37,43)/b39-32-. The van der Waals surface area contributed by atoms with Gasteiger partial charge in [-0.25, -0.2) is 14.5 Å². The highest BCUT2D eigenvalue weighted by atomic mass is 32.2. The van der Waals surface area contributed by atoms with Gasteiger partial charge < -0.3 is 15.0 Å². The third-order valence-electron chi connectivity index (χ3n) is 7.45. The van der Waals surface area contributed by atoms with E-state index < -0.39 is 6.36 Å². The summed E-state index contributed by atoms with van der Waals surface area (Å²) in [5.41, 5.74) is 4.90. The summed E-state index contributed by atoms with van der Waals surface area (Å²) in [6, 6.07) is 21.6. The van der Waals surface area contributed by atoms with Crippen molar-refractivity contribution >= 4 is 28.6 Å². The Balaban J connectivity index is 1.09. The van der Waals surface area contributed by atoms with E-state index in [2.05, 4.69) is 56.0 Å². The van der Waals surface area contributed by atoms with Crippen molar-refractivity contribution in [2.45, 2.75) is 58.4 Å². The predicted molar refractivity (Wildman–Crippen MR) is 172 cm³/mol. The van der Waals surface area contributed by atoms with E-state index in [-0.39, 0.29) is 17.8 Å². The lowest BCUT2D eigenvalue weighted by atomic mass is 10.1. The first-order chi connectivity index (χ1) is 21.7. The summed E-state index contributed by atoms with van der Waals surface area (Å²) in [4.78, 5) is 23.7. The zero-order chi connectivity index (χ0) is 31.8. The zero-order valence-electron chi connectivity index (χ0n) is 25.1. The van der Waals surface area contributed by atoms with E-state index in [1.54, 1.807) is 11.8 Å². The largest absolute Gasteiger partial charge is 0.573 e. The maximum Gasteiger partial charge on any atom is 0.573 e. The minimum Gasteiger partial charge on any atom is -0.406 e. The molecular formula is C33H35F3N6O2S. The average Bonchev–Trinajstić information content (AvgIpc) is 3.51. The number of carbonyl (C=O) groups is 1. The molecule has 0 spiro atoms. The number of amidine groups is 1. The van der Waals surface area contributed by atoms with Gasteiger partial charge in [0, 0.05) is 29.6 Å². The molecule has 12 heteroatoms. The van der Waals surface area contributed by atoms with Crippen molar-refractivity contribution in [2.75, 3.05) is 17.2 Å². The first-order valence-electron chi connectivity index (χ1n) is 14.9. The number of hydrogen-bond donors (Lipinski definition) is 1. The van der Waals surface area contributed by atoms with Gasteiger partial charge >= 0.3 is 12.4 Å². The number of hydrogen-bond acceptors (Lipinski definition) is 5. The quantitative estimate of drug-likeness (QED) is 0.179. The second kappa shape index (κ2) is 14.6. The Morgan fingerprint density at radius 1 is 1.07 bits per heavy atom. The van der Waals surface area contributed by atoms with E-state index in [0.717, 1.165) is 59.8 Å². The average molecular weight is 637 g/mol. The van der Waals surface area contributed by atoms with Crippen LogP contribution in [0.5, 0.6) is 5.75 Å². The fourth-order valence-electron chi connectivity index (χ4n) is 5.10. The van der Waals surface area contributed by atoms with Crippen LogP contribution in [0.25, 0.3) is 17.1 Å². The van der Waals surface area contributed by atoms with E-state index >= 15 is 0 Å². The predicted octanol–water partition coefficient (Wildman–Crippen LogP) is 7.82. The Bertz CT molecular complexity index is 1610. The molecule has 0 saturated carbocycles. The van der Waals surface area contributed by atoms with Gasteiger partial charge in [0.1, 0.15) is 12.1 Å². The highest BCUT2D eigenvalue weighted by molar-refractivity contribution is 8.14. The van der Waals surface area contributed by atoms with Crippen molar-refractivity contribution in [1.29, 1.82) is 0 Å². The summed E-state index contributed by atoms with van der Waals surface area (Å²) < 4.78 is 42.6. The molecular weight excluding hydrogens is 601 g/mol. The fraction of sp³-hybridized carbons (Fsp3) is 0.333. The first-order valence-corrected chi connectivity index (χ1v) is 15.9. The summed E-state index contributed by atoms with van der Waals surface area (Å²) in [5.74, 6) is 1.14. The van der Waals surface area contributed by atoms with Crippen LogP contribution in [0.4, 0.5) is 23.7 Å². The van der Waals surface area contributed by atoms with Gasteiger partial charge in [0.05, 0.1) is 5.69 Å². The normalized spacial score (nSPS) is 16.2. The molecule has 2 amide bonds.